The Balaban J connectivity index is 1.78. The molecule has 9 heteroatoms. The SMILES string of the molecule is CCOC(=O)c1nc(-c2sc(NC(C)=O)nc2C)cc2c1C(=O)N([C@@H](C)C1CC1)C2. The first-order valence-electron chi connectivity index (χ1n) is 10.1. The third kappa shape index (κ3) is 3.69. The van der Waals surface area contributed by atoms with Crippen molar-refractivity contribution in [3.8, 4) is 10.6 Å². The van der Waals surface area contributed by atoms with E-state index in [1.54, 1.807) is 6.92 Å². The summed E-state index contributed by atoms with van der Waals surface area (Å²) >= 11 is 1.29. The minimum atomic E-state index is -0.603. The lowest BCUT2D eigenvalue weighted by Gasteiger charge is -2.23. The second-order valence-electron chi connectivity index (χ2n) is 7.74. The lowest BCUT2D eigenvalue weighted by molar-refractivity contribution is -0.114. The van der Waals surface area contributed by atoms with Crippen LogP contribution < -0.4 is 5.32 Å². The summed E-state index contributed by atoms with van der Waals surface area (Å²) in [6.45, 7) is 7.67. The summed E-state index contributed by atoms with van der Waals surface area (Å²) in [7, 11) is 0. The second-order valence-corrected chi connectivity index (χ2v) is 8.74. The van der Waals surface area contributed by atoms with Gasteiger partial charge in [0, 0.05) is 19.5 Å². The molecule has 1 saturated carbocycles. The molecule has 158 valence electrons. The molecule has 0 aromatic carbocycles. The Labute approximate surface area is 178 Å². The molecule has 0 radical (unpaired) electrons. The maximum absolute atomic E-state index is 13.2. The van der Waals surface area contributed by atoms with Gasteiger partial charge in [0.1, 0.15) is 0 Å². The van der Waals surface area contributed by atoms with Gasteiger partial charge in [-0.25, -0.2) is 14.8 Å². The number of ether oxygens (including phenoxy) is 1. The molecule has 1 aliphatic carbocycles. The molecule has 0 spiro atoms. The maximum Gasteiger partial charge on any atom is 0.357 e. The van der Waals surface area contributed by atoms with Gasteiger partial charge in [0.05, 0.1) is 28.4 Å². The van der Waals surface area contributed by atoms with Crippen LogP contribution >= 0.6 is 11.3 Å². The van der Waals surface area contributed by atoms with Crippen molar-refractivity contribution in [2.24, 2.45) is 5.92 Å². The largest absolute Gasteiger partial charge is 0.461 e. The highest BCUT2D eigenvalue weighted by molar-refractivity contribution is 7.19. The number of hydrogen-bond donors (Lipinski definition) is 1. The fourth-order valence-corrected chi connectivity index (χ4v) is 4.80. The van der Waals surface area contributed by atoms with Crippen LogP contribution in [0, 0.1) is 12.8 Å². The number of fused-ring (bicyclic) bond motifs is 1. The van der Waals surface area contributed by atoms with E-state index in [0.29, 0.717) is 34.5 Å². The quantitative estimate of drug-likeness (QED) is 0.708. The van der Waals surface area contributed by atoms with Crippen LogP contribution in [-0.4, -0.2) is 45.3 Å². The molecule has 2 aromatic heterocycles. The molecule has 1 atom stereocenters. The van der Waals surface area contributed by atoms with Crippen LogP contribution in [0.3, 0.4) is 0 Å². The van der Waals surface area contributed by atoms with Gasteiger partial charge in [-0.2, -0.15) is 0 Å². The van der Waals surface area contributed by atoms with Crippen LogP contribution in [0.4, 0.5) is 5.13 Å². The van der Waals surface area contributed by atoms with E-state index in [4.69, 9.17) is 4.74 Å². The molecular weight excluding hydrogens is 404 g/mol. The molecule has 2 aromatic rings. The normalized spacial score (nSPS) is 16.4. The Kier molecular flexibility index (Phi) is 5.31. The summed E-state index contributed by atoms with van der Waals surface area (Å²) in [6, 6.07) is 1.98. The van der Waals surface area contributed by atoms with Crippen LogP contribution in [0.15, 0.2) is 6.07 Å². The van der Waals surface area contributed by atoms with Crippen molar-refractivity contribution < 1.29 is 19.1 Å². The van der Waals surface area contributed by atoms with Gasteiger partial charge in [0.15, 0.2) is 10.8 Å². The molecule has 1 N–H and O–H groups in total. The molecule has 2 amide bonds. The van der Waals surface area contributed by atoms with E-state index < -0.39 is 5.97 Å². The van der Waals surface area contributed by atoms with Crippen molar-refractivity contribution in [2.75, 3.05) is 11.9 Å². The number of amides is 2. The zero-order chi connectivity index (χ0) is 21.6. The van der Waals surface area contributed by atoms with Gasteiger partial charge < -0.3 is 15.0 Å². The van der Waals surface area contributed by atoms with Crippen LogP contribution in [-0.2, 0) is 16.1 Å². The number of pyridine rings is 1. The summed E-state index contributed by atoms with van der Waals surface area (Å²) in [5, 5.41) is 3.15. The van der Waals surface area contributed by atoms with E-state index in [2.05, 4.69) is 22.2 Å². The van der Waals surface area contributed by atoms with Crippen molar-refractivity contribution in [3.05, 3.63) is 28.6 Å². The van der Waals surface area contributed by atoms with Crippen molar-refractivity contribution in [2.45, 2.75) is 53.1 Å². The zero-order valence-corrected chi connectivity index (χ0v) is 18.3. The average Bonchev–Trinajstić information content (AvgIpc) is 3.40. The van der Waals surface area contributed by atoms with Crippen LogP contribution in [0.25, 0.3) is 10.6 Å². The molecule has 3 heterocycles. The highest BCUT2D eigenvalue weighted by Crippen LogP contribution is 2.40. The lowest BCUT2D eigenvalue weighted by atomic mass is 10.1. The molecule has 1 aliphatic heterocycles. The molecule has 2 aliphatic rings. The number of aryl methyl sites for hydroxylation is 1. The van der Waals surface area contributed by atoms with E-state index in [0.717, 1.165) is 23.3 Å². The Bertz CT molecular complexity index is 1040. The number of nitrogens with one attached hydrogen (secondary N) is 1. The number of carbonyl (C=O) groups is 3. The summed E-state index contributed by atoms with van der Waals surface area (Å²) in [4.78, 5) is 48.7. The number of hydrogen-bond acceptors (Lipinski definition) is 7. The van der Waals surface area contributed by atoms with E-state index in [-0.39, 0.29) is 30.2 Å². The first-order chi connectivity index (χ1) is 14.3. The Morgan fingerprint density at radius 2 is 2.10 bits per heavy atom. The highest BCUT2D eigenvalue weighted by atomic mass is 32.1. The van der Waals surface area contributed by atoms with Gasteiger partial charge in [0.2, 0.25) is 5.91 Å². The third-order valence-electron chi connectivity index (χ3n) is 5.49. The van der Waals surface area contributed by atoms with E-state index in [1.165, 1.54) is 18.3 Å². The Morgan fingerprint density at radius 3 is 2.73 bits per heavy atom. The van der Waals surface area contributed by atoms with Gasteiger partial charge in [-0.05, 0) is 51.2 Å². The van der Waals surface area contributed by atoms with Gasteiger partial charge in [0.25, 0.3) is 5.91 Å². The smallest absolute Gasteiger partial charge is 0.357 e. The fourth-order valence-electron chi connectivity index (χ4n) is 3.82. The summed E-state index contributed by atoms with van der Waals surface area (Å²) < 4.78 is 5.19. The predicted molar refractivity (Wildman–Crippen MR) is 112 cm³/mol. The summed E-state index contributed by atoms with van der Waals surface area (Å²) in [6.07, 6.45) is 2.25. The second kappa shape index (κ2) is 7.79. The van der Waals surface area contributed by atoms with Gasteiger partial charge in [-0.15, -0.1) is 0 Å². The molecule has 0 bridgehead atoms. The number of carbonyl (C=O) groups excluding carboxylic acids is 3. The van der Waals surface area contributed by atoms with Crippen LogP contribution in [0.2, 0.25) is 0 Å². The van der Waals surface area contributed by atoms with Gasteiger partial charge >= 0.3 is 5.97 Å². The van der Waals surface area contributed by atoms with E-state index in [9.17, 15) is 14.4 Å². The minimum absolute atomic E-state index is 0.0497. The number of rotatable bonds is 6. The number of aromatic nitrogens is 2. The number of thiazole rings is 1. The summed E-state index contributed by atoms with van der Waals surface area (Å²) in [5.41, 5.74) is 2.41. The number of nitrogens with zero attached hydrogens (tertiary/aromatic N) is 3. The molecule has 30 heavy (non-hydrogen) atoms. The molecule has 4 rings (SSSR count). The van der Waals surface area contributed by atoms with E-state index >= 15 is 0 Å². The van der Waals surface area contributed by atoms with Crippen molar-refractivity contribution in [1.29, 1.82) is 0 Å². The fraction of sp³-hybridized carbons (Fsp3) is 0.476. The molecular formula is C21H24N4O4S. The minimum Gasteiger partial charge on any atom is -0.461 e. The van der Waals surface area contributed by atoms with E-state index in [1.807, 2.05) is 17.9 Å². The Hall–Kier alpha value is -2.81. The van der Waals surface area contributed by atoms with Crippen molar-refractivity contribution >= 4 is 34.3 Å². The Morgan fingerprint density at radius 1 is 1.37 bits per heavy atom. The lowest BCUT2D eigenvalue weighted by Crippen LogP contribution is -2.35. The summed E-state index contributed by atoms with van der Waals surface area (Å²) in [5.74, 6) is -0.453. The highest BCUT2D eigenvalue weighted by Gasteiger charge is 2.41. The molecule has 0 unspecified atom stereocenters. The van der Waals surface area contributed by atoms with Gasteiger partial charge in [-0.3, -0.25) is 9.59 Å². The average molecular weight is 429 g/mol. The number of anilines is 1. The van der Waals surface area contributed by atoms with Crippen molar-refractivity contribution in [3.63, 3.8) is 0 Å². The molecule has 8 nitrogen and oxygen atoms in total. The first-order valence-corrected chi connectivity index (χ1v) is 10.9. The third-order valence-corrected chi connectivity index (χ3v) is 6.59. The van der Waals surface area contributed by atoms with Crippen LogP contribution in [0.1, 0.15) is 65.7 Å². The monoisotopic (exact) mass is 428 g/mol. The molecule has 0 saturated heterocycles. The van der Waals surface area contributed by atoms with Gasteiger partial charge in [-0.1, -0.05) is 11.3 Å². The molecule has 1 fully saturated rings. The van der Waals surface area contributed by atoms with Crippen molar-refractivity contribution in [1.82, 2.24) is 14.9 Å². The topological polar surface area (TPSA) is 101 Å². The first kappa shape index (κ1) is 20.5. The zero-order valence-electron chi connectivity index (χ0n) is 17.4. The standard InChI is InChI=1S/C21H24N4O4S/c1-5-29-20(28)17-16-14(9-25(19(16)27)11(3)13-6-7-13)8-15(24-17)18-10(2)22-21(30-18)23-12(4)26/h8,11,13H,5-7,9H2,1-4H3,(H,22,23,26)/t11-/m0/s1. The predicted octanol–water partition coefficient (Wildman–Crippen LogP) is 3.40. The number of esters is 1. The van der Waals surface area contributed by atoms with Crippen LogP contribution in [0.5, 0.6) is 0 Å². The maximum atomic E-state index is 13.2.